The first kappa shape index (κ1) is 7.65. The van der Waals surface area contributed by atoms with Gasteiger partial charge in [0.2, 0.25) is 5.96 Å². The Hall–Kier alpha value is -1.45. The van der Waals surface area contributed by atoms with Crippen LogP contribution < -0.4 is 10.7 Å². The molecule has 0 aliphatic carbocycles. The second-order valence-corrected chi connectivity index (χ2v) is 2.16. The number of nitrogens with two attached hydrogens (primary N) is 1. The van der Waals surface area contributed by atoms with E-state index in [1.807, 2.05) is 31.5 Å². The molecule has 1 aromatic heterocycles. The van der Waals surface area contributed by atoms with Crippen LogP contribution in [0.5, 0.6) is 0 Å². The number of guanidine groups is 1. The summed E-state index contributed by atoms with van der Waals surface area (Å²) in [5, 5.41) is 8.86. The second kappa shape index (κ2) is 3.09. The lowest BCUT2D eigenvalue weighted by molar-refractivity contribution is 0.731. The Bertz CT molecular complexity index is 227. The van der Waals surface area contributed by atoms with Gasteiger partial charge in [-0.1, -0.05) is 0 Å². The van der Waals surface area contributed by atoms with Gasteiger partial charge >= 0.3 is 0 Å². The lowest BCUT2D eigenvalue weighted by Gasteiger charge is -2.21. The quantitative estimate of drug-likeness (QED) is 0.474. The van der Waals surface area contributed by atoms with Crippen molar-refractivity contribution in [1.82, 2.24) is 4.68 Å². The Morgan fingerprint density at radius 2 is 2.09 bits per heavy atom. The van der Waals surface area contributed by atoms with E-state index in [-0.39, 0.29) is 5.96 Å². The molecule has 0 bridgehead atoms. The van der Waals surface area contributed by atoms with E-state index in [1.165, 1.54) is 0 Å². The summed E-state index contributed by atoms with van der Waals surface area (Å²) in [4.78, 5) is 0. The molecule has 3 N–H and O–H groups in total. The number of hydrogen-bond donors (Lipinski definition) is 2. The minimum absolute atomic E-state index is 0.0590. The monoisotopic (exact) mass is 152 g/mol. The van der Waals surface area contributed by atoms with E-state index < -0.39 is 0 Å². The molecular weight excluding hydrogens is 140 g/mol. The van der Waals surface area contributed by atoms with Crippen molar-refractivity contribution < 1.29 is 0 Å². The number of aromatic nitrogens is 1. The van der Waals surface area contributed by atoms with E-state index in [0.717, 1.165) is 0 Å². The normalized spacial score (nSPS) is 9.55. The van der Waals surface area contributed by atoms with Crippen LogP contribution in [-0.2, 0) is 0 Å². The van der Waals surface area contributed by atoms with Gasteiger partial charge in [0.05, 0.1) is 0 Å². The lowest BCUT2D eigenvalue weighted by Crippen LogP contribution is -2.43. The molecule has 0 amide bonds. The Morgan fingerprint density at radius 3 is 2.45 bits per heavy atom. The summed E-state index contributed by atoms with van der Waals surface area (Å²) < 4.78 is 1.78. The second-order valence-electron chi connectivity index (χ2n) is 2.16. The Morgan fingerprint density at radius 1 is 1.55 bits per heavy atom. The summed E-state index contributed by atoms with van der Waals surface area (Å²) in [7, 11) is 0. The number of rotatable bonds is 2. The molecule has 0 atom stereocenters. The summed E-state index contributed by atoms with van der Waals surface area (Å²) in [6.45, 7) is 2.64. The van der Waals surface area contributed by atoms with E-state index in [1.54, 1.807) is 9.69 Å². The highest BCUT2D eigenvalue weighted by Gasteiger charge is 2.02. The van der Waals surface area contributed by atoms with Crippen molar-refractivity contribution in [3.63, 3.8) is 0 Å². The summed E-state index contributed by atoms with van der Waals surface area (Å²) in [5.41, 5.74) is 5.33. The highest BCUT2D eigenvalue weighted by atomic mass is 15.6. The molecule has 0 radical (unpaired) electrons. The van der Waals surface area contributed by atoms with E-state index in [0.29, 0.717) is 6.54 Å². The molecule has 0 saturated heterocycles. The summed E-state index contributed by atoms with van der Waals surface area (Å²) in [6.07, 6.45) is 3.70. The zero-order valence-corrected chi connectivity index (χ0v) is 6.49. The van der Waals surface area contributed by atoms with Crippen molar-refractivity contribution in [3.8, 4) is 0 Å². The molecule has 0 spiro atoms. The highest BCUT2D eigenvalue weighted by molar-refractivity contribution is 5.84. The van der Waals surface area contributed by atoms with Crippen LogP contribution in [0.2, 0.25) is 0 Å². The van der Waals surface area contributed by atoms with Gasteiger partial charge in [-0.3, -0.25) is 15.1 Å². The summed E-state index contributed by atoms with van der Waals surface area (Å²) in [6, 6.07) is 3.79. The minimum Gasteiger partial charge on any atom is -0.369 e. The van der Waals surface area contributed by atoms with Crippen LogP contribution in [-0.4, -0.2) is 17.2 Å². The predicted octanol–water partition coefficient (Wildman–Crippen LogP) is 0.339. The molecule has 0 unspecified atom stereocenters. The minimum atomic E-state index is 0.0590. The largest absolute Gasteiger partial charge is 0.369 e. The third-order valence-corrected chi connectivity index (χ3v) is 1.45. The van der Waals surface area contributed by atoms with E-state index in [2.05, 4.69) is 0 Å². The molecule has 1 rings (SSSR count). The molecule has 60 valence electrons. The van der Waals surface area contributed by atoms with Crippen LogP contribution in [0.3, 0.4) is 0 Å². The van der Waals surface area contributed by atoms with Crippen molar-refractivity contribution in [2.24, 2.45) is 5.73 Å². The molecule has 4 nitrogen and oxygen atoms in total. The Kier molecular flexibility index (Phi) is 2.15. The number of nitrogens with one attached hydrogen (secondary N) is 1. The molecule has 0 saturated carbocycles. The van der Waals surface area contributed by atoms with Gasteiger partial charge < -0.3 is 5.73 Å². The maximum Gasteiger partial charge on any atom is 0.207 e. The van der Waals surface area contributed by atoms with Gasteiger partial charge in [0.15, 0.2) is 0 Å². The van der Waals surface area contributed by atoms with Gasteiger partial charge in [-0.15, -0.1) is 0 Å². The van der Waals surface area contributed by atoms with Crippen LogP contribution >= 0.6 is 0 Å². The average molecular weight is 152 g/mol. The van der Waals surface area contributed by atoms with Crippen LogP contribution in [0.1, 0.15) is 6.92 Å². The van der Waals surface area contributed by atoms with Crippen molar-refractivity contribution in [1.29, 1.82) is 5.41 Å². The Balaban J connectivity index is 2.79. The van der Waals surface area contributed by atoms with Crippen LogP contribution in [0.15, 0.2) is 24.5 Å². The van der Waals surface area contributed by atoms with Crippen molar-refractivity contribution in [2.75, 3.05) is 11.6 Å². The molecular formula is C7H12N4. The van der Waals surface area contributed by atoms with Gasteiger partial charge in [-0.25, -0.2) is 0 Å². The molecule has 0 aromatic carbocycles. The van der Waals surface area contributed by atoms with Gasteiger partial charge in [0.1, 0.15) is 0 Å². The maximum absolute atomic E-state index is 7.21. The zero-order chi connectivity index (χ0) is 8.27. The first-order chi connectivity index (χ1) is 5.25. The number of nitrogens with zero attached hydrogens (tertiary/aromatic N) is 2. The van der Waals surface area contributed by atoms with Crippen molar-refractivity contribution in [3.05, 3.63) is 24.5 Å². The topological polar surface area (TPSA) is 58.0 Å². The first-order valence-corrected chi connectivity index (χ1v) is 3.50. The van der Waals surface area contributed by atoms with Crippen LogP contribution in [0.25, 0.3) is 0 Å². The molecule has 1 heterocycles. The molecule has 0 fully saturated rings. The zero-order valence-electron chi connectivity index (χ0n) is 6.49. The van der Waals surface area contributed by atoms with Gasteiger partial charge in [-0.2, -0.15) is 0 Å². The maximum atomic E-state index is 7.21. The van der Waals surface area contributed by atoms with Gasteiger partial charge in [0.25, 0.3) is 0 Å². The average Bonchev–Trinajstić information content (AvgIpc) is 2.40. The summed E-state index contributed by atoms with van der Waals surface area (Å²) in [5.74, 6) is 0.0590. The molecule has 4 heteroatoms. The van der Waals surface area contributed by atoms with Crippen molar-refractivity contribution >= 4 is 5.96 Å². The SMILES string of the molecule is CCN(C(=N)N)n1cccc1. The molecule has 0 aliphatic rings. The van der Waals surface area contributed by atoms with Crippen LogP contribution in [0.4, 0.5) is 0 Å². The fraction of sp³-hybridized carbons (Fsp3) is 0.286. The predicted molar refractivity (Wildman–Crippen MR) is 45.1 cm³/mol. The van der Waals surface area contributed by atoms with E-state index in [9.17, 15) is 0 Å². The van der Waals surface area contributed by atoms with Gasteiger partial charge in [-0.05, 0) is 19.1 Å². The third kappa shape index (κ3) is 1.52. The van der Waals surface area contributed by atoms with Gasteiger partial charge in [0, 0.05) is 18.9 Å². The van der Waals surface area contributed by atoms with E-state index >= 15 is 0 Å². The third-order valence-electron chi connectivity index (χ3n) is 1.45. The molecule has 0 aliphatic heterocycles. The summed E-state index contributed by atoms with van der Waals surface area (Å²) >= 11 is 0. The lowest BCUT2D eigenvalue weighted by atomic mass is 10.7. The highest BCUT2D eigenvalue weighted by Crippen LogP contribution is 1.91. The fourth-order valence-electron chi connectivity index (χ4n) is 0.944. The Labute approximate surface area is 65.7 Å². The molecule has 11 heavy (non-hydrogen) atoms. The first-order valence-electron chi connectivity index (χ1n) is 3.50. The smallest absolute Gasteiger partial charge is 0.207 e. The standard InChI is InChI=1S/C7H12N4/c1-2-11(7(8)9)10-5-3-4-6-10/h3-6H,2H2,1H3,(H3,8,9). The van der Waals surface area contributed by atoms with E-state index in [4.69, 9.17) is 11.1 Å². The molecule has 1 aromatic rings. The number of hydrogen-bond acceptors (Lipinski definition) is 1. The fourth-order valence-corrected chi connectivity index (χ4v) is 0.944. The van der Waals surface area contributed by atoms with Crippen LogP contribution in [0, 0.1) is 5.41 Å². The van der Waals surface area contributed by atoms with Crippen molar-refractivity contribution in [2.45, 2.75) is 6.92 Å².